The maximum atomic E-state index is 12.9. The number of pyridine rings is 2. The molecule has 0 radical (unpaired) electrons. The van der Waals surface area contributed by atoms with E-state index in [1.165, 1.54) is 0 Å². The van der Waals surface area contributed by atoms with E-state index < -0.39 is 0 Å². The third kappa shape index (κ3) is 3.87. The number of morpholine rings is 1. The topological polar surface area (TPSA) is 83.1 Å². The molecule has 0 atom stereocenters. The number of nitrogens with zero attached hydrogens (tertiary/aromatic N) is 3. The SMILES string of the molecule is Cc1ccc(C(=O)N2CCOCC2)cc1Nc1cc(-c2cccnc2)nc2[nH]ccc12. The number of carbonyl (C=O) groups excluding carboxylic acids is 1. The molecule has 156 valence electrons. The Hall–Kier alpha value is -3.71. The van der Waals surface area contributed by atoms with Gasteiger partial charge in [0.1, 0.15) is 5.65 Å². The van der Waals surface area contributed by atoms with Gasteiger partial charge in [-0.3, -0.25) is 9.78 Å². The fraction of sp³-hybridized carbons (Fsp3) is 0.208. The molecule has 0 bridgehead atoms. The van der Waals surface area contributed by atoms with Gasteiger partial charge in [-0.05, 0) is 48.9 Å². The van der Waals surface area contributed by atoms with E-state index in [1.54, 1.807) is 12.4 Å². The predicted octanol–water partition coefficient (Wildman–Crippen LogP) is 4.15. The third-order valence-corrected chi connectivity index (χ3v) is 5.54. The second-order valence-electron chi connectivity index (χ2n) is 7.60. The van der Waals surface area contributed by atoms with Crippen molar-refractivity contribution in [2.75, 3.05) is 31.6 Å². The first-order valence-corrected chi connectivity index (χ1v) is 10.3. The number of benzene rings is 1. The molecule has 7 heteroatoms. The van der Waals surface area contributed by atoms with Gasteiger partial charge in [-0.2, -0.15) is 0 Å². The zero-order valence-corrected chi connectivity index (χ0v) is 17.3. The number of ether oxygens (including phenoxy) is 1. The zero-order chi connectivity index (χ0) is 21.2. The highest BCUT2D eigenvalue weighted by Gasteiger charge is 2.19. The van der Waals surface area contributed by atoms with Crippen LogP contribution in [-0.4, -0.2) is 52.1 Å². The monoisotopic (exact) mass is 413 g/mol. The molecule has 1 aliphatic heterocycles. The fourth-order valence-electron chi connectivity index (χ4n) is 3.79. The molecule has 4 aromatic rings. The number of aromatic nitrogens is 3. The Bertz CT molecular complexity index is 1230. The first-order valence-electron chi connectivity index (χ1n) is 10.3. The van der Waals surface area contributed by atoms with Gasteiger partial charge in [0.15, 0.2) is 0 Å². The van der Waals surface area contributed by atoms with Gasteiger partial charge < -0.3 is 19.9 Å². The summed E-state index contributed by atoms with van der Waals surface area (Å²) in [7, 11) is 0. The lowest BCUT2D eigenvalue weighted by atomic mass is 10.1. The van der Waals surface area contributed by atoms with Gasteiger partial charge >= 0.3 is 0 Å². The lowest BCUT2D eigenvalue weighted by Crippen LogP contribution is -2.40. The smallest absolute Gasteiger partial charge is 0.254 e. The van der Waals surface area contributed by atoms with Crippen molar-refractivity contribution in [2.45, 2.75) is 6.92 Å². The number of carbonyl (C=O) groups is 1. The largest absolute Gasteiger partial charge is 0.378 e. The van der Waals surface area contributed by atoms with Crippen LogP contribution in [0, 0.1) is 6.92 Å². The van der Waals surface area contributed by atoms with Crippen molar-refractivity contribution < 1.29 is 9.53 Å². The van der Waals surface area contributed by atoms with Gasteiger partial charge in [-0.15, -0.1) is 0 Å². The Kier molecular flexibility index (Phi) is 5.09. The molecule has 1 amide bonds. The van der Waals surface area contributed by atoms with Crippen molar-refractivity contribution in [3.8, 4) is 11.3 Å². The van der Waals surface area contributed by atoms with Crippen molar-refractivity contribution in [3.05, 3.63) is 72.2 Å². The highest BCUT2D eigenvalue weighted by molar-refractivity contribution is 5.97. The van der Waals surface area contributed by atoms with E-state index in [-0.39, 0.29) is 5.91 Å². The minimum absolute atomic E-state index is 0.0314. The van der Waals surface area contributed by atoms with Crippen molar-refractivity contribution >= 4 is 28.3 Å². The second-order valence-corrected chi connectivity index (χ2v) is 7.60. The van der Waals surface area contributed by atoms with E-state index >= 15 is 0 Å². The summed E-state index contributed by atoms with van der Waals surface area (Å²) in [4.78, 5) is 26.9. The van der Waals surface area contributed by atoms with E-state index in [2.05, 4.69) is 15.3 Å². The first-order chi connectivity index (χ1) is 15.2. The number of amides is 1. The van der Waals surface area contributed by atoms with Crippen LogP contribution in [0.1, 0.15) is 15.9 Å². The number of aromatic amines is 1. The van der Waals surface area contributed by atoms with Crippen molar-refractivity contribution in [1.82, 2.24) is 19.9 Å². The Morgan fingerprint density at radius 3 is 2.81 bits per heavy atom. The van der Waals surface area contributed by atoms with Crippen molar-refractivity contribution in [2.24, 2.45) is 0 Å². The molecule has 7 nitrogen and oxygen atoms in total. The van der Waals surface area contributed by atoms with E-state index in [0.29, 0.717) is 31.9 Å². The highest BCUT2D eigenvalue weighted by atomic mass is 16.5. The van der Waals surface area contributed by atoms with Gasteiger partial charge in [0.25, 0.3) is 5.91 Å². The van der Waals surface area contributed by atoms with Gasteiger partial charge in [-0.1, -0.05) is 6.07 Å². The highest BCUT2D eigenvalue weighted by Crippen LogP contribution is 2.31. The predicted molar refractivity (Wildman–Crippen MR) is 121 cm³/mol. The third-order valence-electron chi connectivity index (χ3n) is 5.54. The quantitative estimate of drug-likeness (QED) is 0.525. The Morgan fingerprint density at radius 1 is 1.13 bits per heavy atom. The van der Waals surface area contributed by atoms with Gasteiger partial charge in [-0.25, -0.2) is 4.98 Å². The average Bonchev–Trinajstić information content (AvgIpc) is 3.30. The number of rotatable bonds is 4. The summed E-state index contributed by atoms with van der Waals surface area (Å²) in [5, 5.41) is 4.52. The summed E-state index contributed by atoms with van der Waals surface area (Å²) in [6.07, 6.45) is 5.42. The van der Waals surface area contributed by atoms with Crippen molar-refractivity contribution in [3.63, 3.8) is 0 Å². The van der Waals surface area contributed by atoms with Crippen LogP contribution >= 0.6 is 0 Å². The lowest BCUT2D eigenvalue weighted by Gasteiger charge is -2.27. The van der Waals surface area contributed by atoms with Crippen LogP contribution in [0.5, 0.6) is 0 Å². The van der Waals surface area contributed by atoms with E-state index in [4.69, 9.17) is 9.72 Å². The Balaban J connectivity index is 1.51. The molecular weight excluding hydrogens is 390 g/mol. The van der Waals surface area contributed by atoms with Gasteiger partial charge in [0, 0.05) is 53.9 Å². The number of nitrogens with one attached hydrogen (secondary N) is 2. The molecule has 0 unspecified atom stereocenters. The van der Waals surface area contributed by atoms with E-state index in [9.17, 15) is 4.79 Å². The average molecular weight is 413 g/mol. The molecule has 1 aliphatic rings. The summed E-state index contributed by atoms with van der Waals surface area (Å²) in [6, 6.07) is 13.7. The van der Waals surface area contributed by atoms with Gasteiger partial charge in [0.2, 0.25) is 0 Å². The molecule has 0 aliphatic carbocycles. The van der Waals surface area contributed by atoms with Crippen LogP contribution in [0.2, 0.25) is 0 Å². The summed E-state index contributed by atoms with van der Waals surface area (Å²) < 4.78 is 5.37. The number of fused-ring (bicyclic) bond motifs is 1. The molecule has 0 saturated carbocycles. The number of hydrogen-bond donors (Lipinski definition) is 2. The molecule has 1 aromatic carbocycles. The number of aryl methyl sites for hydroxylation is 1. The van der Waals surface area contributed by atoms with Crippen LogP contribution < -0.4 is 5.32 Å². The minimum Gasteiger partial charge on any atom is -0.378 e. The van der Waals surface area contributed by atoms with Crippen LogP contribution in [-0.2, 0) is 4.74 Å². The number of anilines is 2. The Morgan fingerprint density at radius 2 is 2.00 bits per heavy atom. The molecule has 31 heavy (non-hydrogen) atoms. The molecule has 3 aromatic heterocycles. The minimum atomic E-state index is 0.0314. The number of hydrogen-bond acceptors (Lipinski definition) is 5. The zero-order valence-electron chi connectivity index (χ0n) is 17.3. The fourth-order valence-corrected chi connectivity index (χ4v) is 3.79. The van der Waals surface area contributed by atoms with Crippen LogP contribution in [0.25, 0.3) is 22.3 Å². The normalized spacial score (nSPS) is 14.0. The maximum absolute atomic E-state index is 12.9. The van der Waals surface area contributed by atoms with Crippen LogP contribution in [0.3, 0.4) is 0 Å². The second kappa shape index (κ2) is 8.20. The molecule has 0 spiro atoms. The number of H-pyrrole nitrogens is 1. The maximum Gasteiger partial charge on any atom is 0.254 e. The van der Waals surface area contributed by atoms with Crippen LogP contribution in [0.4, 0.5) is 11.4 Å². The summed E-state index contributed by atoms with van der Waals surface area (Å²) in [6.45, 7) is 4.45. The summed E-state index contributed by atoms with van der Waals surface area (Å²) in [5.41, 5.74) is 6.10. The molecular formula is C24H23N5O2. The van der Waals surface area contributed by atoms with E-state index in [1.807, 2.05) is 60.5 Å². The summed E-state index contributed by atoms with van der Waals surface area (Å²) >= 11 is 0. The summed E-state index contributed by atoms with van der Waals surface area (Å²) in [5.74, 6) is 0.0314. The first kappa shape index (κ1) is 19.3. The van der Waals surface area contributed by atoms with Crippen molar-refractivity contribution in [1.29, 1.82) is 0 Å². The molecule has 5 rings (SSSR count). The Labute approximate surface area is 180 Å². The standard InChI is InChI=1S/C24H23N5O2/c1-16-4-5-17(24(30)29-9-11-31-12-10-29)13-20(16)27-22-14-21(18-3-2-7-25-15-18)28-23-19(22)6-8-26-23/h2-8,13-15H,9-12H2,1H3,(H2,26,27,28). The van der Waals surface area contributed by atoms with Gasteiger partial charge in [0.05, 0.1) is 24.6 Å². The van der Waals surface area contributed by atoms with Crippen LogP contribution in [0.15, 0.2) is 61.1 Å². The van der Waals surface area contributed by atoms with E-state index in [0.717, 1.165) is 39.2 Å². The molecule has 2 N–H and O–H groups in total. The molecule has 4 heterocycles. The molecule has 1 fully saturated rings. The lowest BCUT2D eigenvalue weighted by molar-refractivity contribution is 0.0303. The molecule has 1 saturated heterocycles.